The number of morpholine rings is 1. The summed E-state index contributed by atoms with van der Waals surface area (Å²) in [7, 11) is 1.67. The molecule has 3 aromatic carbocycles. The lowest BCUT2D eigenvalue weighted by Gasteiger charge is -2.26. The second kappa shape index (κ2) is 13.0. The average molecular weight is 636 g/mol. The number of methoxy groups -OCH3 is 1. The van der Waals surface area contributed by atoms with E-state index >= 15 is 0 Å². The lowest BCUT2D eigenvalue weighted by molar-refractivity contribution is 0.0322. The van der Waals surface area contributed by atoms with E-state index in [0.717, 1.165) is 94.5 Å². The zero-order valence-corrected chi connectivity index (χ0v) is 25.8. The molecule has 0 atom stereocenters. The van der Waals surface area contributed by atoms with Gasteiger partial charge < -0.3 is 14.2 Å². The monoisotopic (exact) mass is 634 g/mol. The van der Waals surface area contributed by atoms with Crippen molar-refractivity contribution in [3.05, 3.63) is 81.8 Å². The molecule has 0 N–H and O–H groups in total. The van der Waals surface area contributed by atoms with Gasteiger partial charge in [-0.2, -0.15) is 0 Å². The van der Waals surface area contributed by atoms with Crippen LogP contribution >= 0.6 is 27.3 Å². The van der Waals surface area contributed by atoms with Crippen LogP contribution in [0.25, 0.3) is 20.5 Å². The van der Waals surface area contributed by atoms with Gasteiger partial charge in [-0.1, -0.05) is 28.1 Å². The van der Waals surface area contributed by atoms with Gasteiger partial charge in [-0.3, -0.25) is 14.6 Å². The van der Waals surface area contributed by atoms with Crippen LogP contribution in [0.3, 0.4) is 0 Å². The highest BCUT2D eigenvalue weighted by Crippen LogP contribution is 2.42. The summed E-state index contributed by atoms with van der Waals surface area (Å²) in [6, 6.07) is 20.1. The summed E-state index contributed by atoms with van der Waals surface area (Å²) in [5, 5.41) is 0.943. The maximum absolute atomic E-state index is 14.1. The number of fused-ring (bicyclic) bond motifs is 1. The molecule has 0 unspecified atom stereocenters. The Morgan fingerprint density at radius 3 is 2.41 bits per heavy atom. The van der Waals surface area contributed by atoms with Gasteiger partial charge in [0.2, 0.25) is 0 Å². The predicted octanol–water partition coefficient (Wildman–Crippen LogP) is 6.88. The number of rotatable bonds is 10. The molecule has 3 heterocycles. The summed E-state index contributed by atoms with van der Waals surface area (Å²) >= 11 is 5.38. The number of ketones is 1. The third kappa shape index (κ3) is 6.52. The Kier molecular flexibility index (Phi) is 9.03. The Hall–Kier alpha value is -2.75. The van der Waals surface area contributed by atoms with E-state index in [1.54, 1.807) is 18.4 Å². The van der Waals surface area contributed by atoms with Gasteiger partial charge in [0, 0.05) is 56.7 Å². The highest BCUT2D eigenvalue weighted by Gasteiger charge is 2.23. The third-order valence-electron chi connectivity index (χ3n) is 7.93. The van der Waals surface area contributed by atoms with Gasteiger partial charge in [-0.05, 0) is 85.6 Å². The van der Waals surface area contributed by atoms with E-state index in [1.165, 1.54) is 18.4 Å². The Labute approximate surface area is 253 Å². The summed E-state index contributed by atoms with van der Waals surface area (Å²) in [6.45, 7) is 8.18. The number of hydrogen-bond acceptors (Lipinski definition) is 7. The van der Waals surface area contributed by atoms with E-state index < -0.39 is 0 Å². The Balaban J connectivity index is 1.26. The molecule has 6 rings (SSSR count). The zero-order valence-electron chi connectivity index (χ0n) is 23.4. The number of nitrogens with zero attached hydrogens (tertiary/aromatic N) is 2. The van der Waals surface area contributed by atoms with E-state index in [2.05, 4.69) is 43.9 Å². The minimum Gasteiger partial charge on any atom is -0.497 e. The van der Waals surface area contributed by atoms with Crippen LogP contribution in [0.1, 0.15) is 34.3 Å². The highest BCUT2D eigenvalue weighted by molar-refractivity contribution is 9.10. The molecule has 2 fully saturated rings. The molecule has 0 bridgehead atoms. The largest absolute Gasteiger partial charge is 0.497 e. The van der Waals surface area contributed by atoms with Crippen LogP contribution in [0.5, 0.6) is 11.5 Å². The van der Waals surface area contributed by atoms with Crippen molar-refractivity contribution < 1.29 is 19.0 Å². The first kappa shape index (κ1) is 28.4. The lowest BCUT2D eigenvalue weighted by Crippen LogP contribution is -2.38. The number of likely N-dealkylation sites (tertiary alicyclic amines) is 1. The summed E-state index contributed by atoms with van der Waals surface area (Å²) < 4.78 is 19.0. The van der Waals surface area contributed by atoms with Crippen molar-refractivity contribution in [2.45, 2.75) is 19.4 Å². The summed E-state index contributed by atoms with van der Waals surface area (Å²) in [5.74, 6) is 1.63. The van der Waals surface area contributed by atoms with Crippen molar-refractivity contribution in [1.82, 2.24) is 9.80 Å². The van der Waals surface area contributed by atoms with Crippen molar-refractivity contribution in [1.29, 1.82) is 0 Å². The van der Waals surface area contributed by atoms with Crippen LogP contribution < -0.4 is 9.47 Å². The van der Waals surface area contributed by atoms with Crippen LogP contribution in [0.4, 0.5) is 0 Å². The van der Waals surface area contributed by atoms with Crippen molar-refractivity contribution in [3.63, 3.8) is 0 Å². The molecule has 2 aliphatic rings. The normalized spacial score (nSPS) is 16.3. The summed E-state index contributed by atoms with van der Waals surface area (Å²) in [6.07, 6.45) is 2.52. The first-order valence-electron chi connectivity index (χ1n) is 14.3. The molecule has 1 aromatic heterocycles. The van der Waals surface area contributed by atoms with Gasteiger partial charge in [0.25, 0.3) is 0 Å². The molecule has 214 valence electrons. The molecule has 0 radical (unpaired) electrons. The molecule has 6 nitrogen and oxygen atoms in total. The van der Waals surface area contributed by atoms with Crippen LogP contribution in [0.15, 0.2) is 65.1 Å². The second-order valence-corrected chi connectivity index (χ2v) is 12.5. The lowest BCUT2D eigenvalue weighted by atomic mass is 9.97. The summed E-state index contributed by atoms with van der Waals surface area (Å²) in [5.41, 5.74) is 3.63. The number of carbonyl (C=O) groups is 1. The number of thiophene rings is 1. The van der Waals surface area contributed by atoms with Gasteiger partial charge in [0.1, 0.15) is 18.1 Å². The first-order chi connectivity index (χ1) is 20.1. The van der Waals surface area contributed by atoms with Crippen molar-refractivity contribution >= 4 is 43.1 Å². The maximum Gasteiger partial charge on any atom is 0.195 e. The van der Waals surface area contributed by atoms with Crippen LogP contribution in [0.2, 0.25) is 0 Å². The second-order valence-electron chi connectivity index (χ2n) is 10.6. The van der Waals surface area contributed by atoms with E-state index in [-0.39, 0.29) is 5.78 Å². The number of hydrogen-bond donors (Lipinski definition) is 0. The van der Waals surface area contributed by atoms with E-state index in [9.17, 15) is 4.79 Å². The number of benzene rings is 3. The smallest absolute Gasteiger partial charge is 0.195 e. The number of halogens is 1. The fourth-order valence-corrected chi connectivity index (χ4v) is 7.33. The van der Waals surface area contributed by atoms with Crippen molar-refractivity contribution in [2.24, 2.45) is 0 Å². The fourth-order valence-electron chi connectivity index (χ4n) is 5.60. The number of carbonyl (C=O) groups excluding carboxylic acids is 1. The predicted molar refractivity (Wildman–Crippen MR) is 169 cm³/mol. The van der Waals surface area contributed by atoms with E-state index in [1.807, 2.05) is 42.5 Å². The Bertz CT molecular complexity index is 1510. The van der Waals surface area contributed by atoms with Gasteiger partial charge in [-0.25, -0.2) is 0 Å². The van der Waals surface area contributed by atoms with Gasteiger partial charge in [-0.15, -0.1) is 11.3 Å². The van der Waals surface area contributed by atoms with Crippen molar-refractivity contribution in [2.75, 3.05) is 59.7 Å². The average Bonchev–Trinajstić information content (AvgIpc) is 3.66. The van der Waals surface area contributed by atoms with Crippen molar-refractivity contribution in [3.8, 4) is 21.9 Å². The zero-order chi connectivity index (χ0) is 28.2. The molecule has 4 aromatic rings. The quantitative estimate of drug-likeness (QED) is 0.177. The summed E-state index contributed by atoms with van der Waals surface area (Å²) in [4.78, 5) is 19.9. The maximum atomic E-state index is 14.1. The van der Waals surface area contributed by atoms with Crippen LogP contribution in [-0.2, 0) is 11.3 Å². The Morgan fingerprint density at radius 1 is 0.927 bits per heavy atom. The van der Waals surface area contributed by atoms with Gasteiger partial charge in [0.15, 0.2) is 5.78 Å². The minimum absolute atomic E-state index is 0.0238. The highest BCUT2D eigenvalue weighted by atomic mass is 79.9. The van der Waals surface area contributed by atoms with Crippen LogP contribution in [0, 0.1) is 0 Å². The van der Waals surface area contributed by atoms with Gasteiger partial charge in [0.05, 0.1) is 20.3 Å². The van der Waals surface area contributed by atoms with E-state index in [0.29, 0.717) is 12.2 Å². The molecule has 0 amide bonds. The molecular formula is C33H35BrN2O4S. The SMILES string of the molecule is COc1ccc2c(C(=O)c3ccc(CN4CCCC4)c(Br)c3)c(-c3ccc(OCCN4CCOCC4)cc3)sc2c1. The fraction of sp³-hybridized carbons (Fsp3) is 0.364. The molecule has 0 saturated carbocycles. The third-order valence-corrected chi connectivity index (χ3v) is 9.87. The molecule has 41 heavy (non-hydrogen) atoms. The molecule has 2 aliphatic heterocycles. The van der Waals surface area contributed by atoms with Gasteiger partial charge >= 0.3 is 0 Å². The molecular weight excluding hydrogens is 600 g/mol. The Morgan fingerprint density at radius 2 is 1.68 bits per heavy atom. The van der Waals surface area contributed by atoms with E-state index in [4.69, 9.17) is 14.2 Å². The minimum atomic E-state index is 0.0238. The standard InChI is InChI=1S/C33H35BrN2O4S/c1-38-27-10-11-28-30(21-27)41-33(23-6-8-26(9-7-23)40-19-16-35-14-17-39-18-15-35)31(28)32(37)24-4-5-25(29(34)20-24)22-36-12-2-3-13-36/h4-11,20-21H,2-3,12-19,22H2,1H3. The topological polar surface area (TPSA) is 51.2 Å². The van der Waals surface area contributed by atoms with Crippen LogP contribution in [-0.4, -0.2) is 75.2 Å². The molecule has 2 saturated heterocycles. The first-order valence-corrected chi connectivity index (χ1v) is 15.9. The molecule has 8 heteroatoms. The molecule has 0 aliphatic carbocycles. The number of ether oxygens (including phenoxy) is 3. The molecule has 0 spiro atoms.